The van der Waals surface area contributed by atoms with Gasteiger partial charge in [-0.05, 0) is 26.8 Å². The molecule has 0 unspecified atom stereocenters. The van der Waals surface area contributed by atoms with E-state index >= 15 is 0 Å². The molecule has 1 aliphatic heterocycles. The van der Waals surface area contributed by atoms with Crippen molar-refractivity contribution >= 4 is 21.6 Å². The summed E-state index contributed by atoms with van der Waals surface area (Å²) in [7, 11) is -0.390. The average Bonchev–Trinajstić information content (AvgIpc) is 3.10. The van der Waals surface area contributed by atoms with E-state index in [1.54, 1.807) is 11.4 Å². The van der Waals surface area contributed by atoms with Crippen molar-refractivity contribution in [3.63, 3.8) is 0 Å². The standard InChI is InChI=1S/C17H25N5O4S/c1-10-6-11(2)22-16(18-10)15(12(3)20-22)17(23)19-14-8-26-7-13(14)9-27(24,25)21(4)5/h6,13-14H,7-9H2,1-5H3,(H,19,23)/t13-,14-/m0/s1. The molecule has 1 N–H and O–H groups in total. The van der Waals surface area contributed by atoms with Crippen molar-refractivity contribution in [3.8, 4) is 0 Å². The van der Waals surface area contributed by atoms with Crippen molar-refractivity contribution in [2.75, 3.05) is 33.1 Å². The lowest BCUT2D eigenvalue weighted by Gasteiger charge is -2.21. The van der Waals surface area contributed by atoms with E-state index in [-0.39, 0.29) is 30.2 Å². The van der Waals surface area contributed by atoms with Crippen LogP contribution in [0.5, 0.6) is 0 Å². The van der Waals surface area contributed by atoms with Crippen LogP contribution in [0.1, 0.15) is 27.4 Å². The molecule has 148 valence electrons. The number of aryl methyl sites for hydroxylation is 3. The molecule has 2 atom stereocenters. The maximum atomic E-state index is 12.9. The number of carbonyl (C=O) groups is 1. The zero-order valence-electron chi connectivity index (χ0n) is 16.2. The molecule has 1 aliphatic rings. The topological polar surface area (TPSA) is 106 Å². The van der Waals surface area contributed by atoms with Crippen molar-refractivity contribution in [2.24, 2.45) is 5.92 Å². The molecule has 9 nitrogen and oxygen atoms in total. The first-order valence-corrected chi connectivity index (χ1v) is 10.3. The molecule has 0 aromatic carbocycles. The summed E-state index contributed by atoms with van der Waals surface area (Å²) >= 11 is 0. The Bertz CT molecular complexity index is 983. The van der Waals surface area contributed by atoms with E-state index in [1.807, 2.05) is 19.9 Å². The van der Waals surface area contributed by atoms with Gasteiger partial charge in [-0.2, -0.15) is 5.10 Å². The highest BCUT2D eigenvalue weighted by atomic mass is 32.2. The van der Waals surface area contributed by atoms with Gasteiger partial charge in [-0.3, -0.25) is 4.79 Å². The Morgan fingerprint density at radius 2 is 2.04 bits per heavy atom. The SMILES string of the molecule is Cc1cc(C)n2nc(C)c(C(=O)N[C@H]3COC[C@H]3CS(=O)(=O)N(C)C)c2n1. The fourth-order valence-corrected chi connectivity index (χ4v) is 4.44. The highest BCUT2D eigenvalue weighted by molar-refractivity contribution is 7.89. The highest BCUT2D eigenvalue weighted by Gasteiger charge is 2.35. The molecule has 1 amide bonds. The number of ether oxygens (including phenoxy) is 1. The number of fused-ring (bicyclic) bond motifs is 1. The number of hydrogen-bond donors (Lipinski definition) is 1. The number of hydrogen-bond acceptors (Lipinski definition) is 6. The summed E-state index contributed by atoms with van der Waals surface area (Å²) in [6.45, 7) is 6.11. The first-order valence-electron chi connectivity index (χ1n) is 8.72. The van der Waals surface area contributed by atoms with E-state index in [0.29, 0.717) is 23.5 Å². The minimum absolute atomic E-state index is 0.0743. The van der Waals surface area contributed by atoms with Crippen LogP contribution >= 0.6 is 0 Å². The lowest BCUT2D eigenvalue weighted by Crippen LogP contribution is -2.43. The molecule has 0 radical (unpaired) electrons. The Morgan fingerprint density at radius 3 is 2.70 bits per heavy atom. The third-order valence-corrected chi connectivity index (χ3v) is 6.76. The zero-order valence-corrected chi connectivity index (χ0v) is 17.0. The Balaban J connectivity index is 1.85. The molecule has 0 saturated carbocycles. The van der Waals surface area contributed by atoms with Gasteiger partial charge in [0.05, 0.1) is 30.7 Å². The van der Waals surface area contributed by atoms with Crippen molar-refractivity contribution in [2.45, 2.75) is 26.8 Å². The van der Waals surface area contributed by atoms with Crippen molar-refractivity contribution in [3.05, 3.63) is 28.7 Å². The Kier molecular flexibility index (Phi) is 5.24. The van der Waals surface area contributed by atoms with Crippen LogP contribution in [0.15, 0.2) is 6.07 Å². The molecular formula is C17H25N5O4S. The second kappa shape index (κ2) is 7.17. The van der Waals surface area contributed by atoms with Crippen molar-refractivity contribution < 1.29 is 17.9 Å². The van der Waals surface area contributed by atoms with E-state index in [2.05, 4.69) is 15.4 Å². The largest absolute Gasteiger partial charge is 0.379 e. The lowest BCUT2D eigenvalue weighted by atomic mass is 10.1. The van der Waals surface area contributed by atoms with Crippen LogP contribution in [-0.2, 0) is 14.8 Å². The lowest BCUT2D eigenvalue weighted by molar-refractivity contribution is 0.0927. The van der Waals surface area contributed by atoms with Gasteiger partial charge in [0.25, 0.3) is 5.91 Å². The van der Waals surface area contributed by atoms with Gasteiger partial charge >= 0.3 is 0 Å². The number of amides is 1. The predicted molar refractivity (Wildman–Crippen MR) is 100 cm³/mol. The molecule has 0 spiro atoms. The van der Waals surface area contributed by atoms with Crippen molar-refractivity contribution in [1.82, 2.24) is 24.2 Å². The van der Waals surface area contributed by atoms with Crippen molar-refractivity contribution in [1.29, 1.82) is 0 Å². The number of sulfonamides is 1. The van der Waals surface area contributed by atoms with Crippen LogP contribution in [0.3, 0.4) is 0 Å². The van der Waals surface area contributed by atoms with E-state index in [1.165, 1.54) is 18.4 Å². The minimum atomic E-state index is -3.38. The molecule has 3 rings (SSSR count). The predicted octanol–water partition coefficient (Wildman–Crippen LogP) is 0.291. The van der Waals surface area contributed by atoms with E-state index < -0.39 is 10.0 Å². The summed E-state index contributed by atoms with van der Waals surface area (Å²) in [6.07, 6.45) is 0. The second-order valence-corrected chi connectivity index (χ2v) is 9.40. The quantitative estimate of drug-likeness (QED) is 0.780. The van der Waals surface area contributed by atoms with E-state index in [9.17, 15) is 13.2 Å². The average molecular weight is 395 g/mol. The third kappa shape index (κ3) is 3.83. The Morgan fingerprint density at radius 1 is 1.33 bits per heavy atom. The highest BCUT2D eigenvalue weighted by Crippen LogP contribution is 2.20. The number of nitrogens with one attached hydrogen (secondary N) is 1. The summed E-state index contributed by atoms with van der Waals surface area (Å²) in [5.41, 5.74) is 3.17. The van der Waals surface area contributed by atoms with Gasteiger partial charge in [-0.1, -0.05) is 0 Å². The molecule has 2 aromatic rings. The van der Waals surface area contributed by atoms with Crippen LogP contribution in [0.25, 0.3) is 5.65 Å². The maximum Gasteiger partial charge on any atom is 0.257 e. The minimum Gasteiger partial charge on any atom is -0.379 e. The van der Waals surface area contributed by atoms with Crippen LogP contribution in [0.4, 0.5) is 0 Å². The fourth-order valence-electron chi connectivity index (χ4n) is 3.28. The van der Waals surface area contributed by atoms with Gasteiger partial charge in [0, 0.05) is 31.4 Å². The molecule has 10 heteroatoms. The molecule has 1 fully saturated rings. The fraction of sp³-hybridized carbons (Fsp3) is 0.588. The summed E-state index contributed by atoms with van der Waals surface area (Å²) in [6, 6.07) is 1.51. The molecule has 1 saturated heterocycles. The van der Waals surface area contributed by atoms with Crippen LogP contribution < -0.4 is 5.32 Å². The van der Waals surface area contributed by atoms with Crippen LogP contribution in [-0.4, -0.2) is 72.3 Å². The Labute approximate surface area is 158 Å². The van der Waals surface area contributed by atoms with E-state index in [0.717, 1.165) is 11.4 Å². The van der Waals surface area contributed by atoms with Gasteiger partial charge in [0.2, 0.25) is 10.0 Å². The number of aromatic nitrogens is 3. The summed E-state index contributed by atoms with van der Waals surface area (Å²) < 4.78 is 32.6. The van der Waals surface area contributed by atoms with Gasteiger partial charge in [-0.15, -0.1) is 0 Å². The maximum absolute atomic E-state index is 12.9. The van der Waals surface area contributed by atoms with Gasteiger partial charge < -0.3 is 10.1 Å². The van der Waals surface area contributed by atoms with Gasteiger partial charge in [0.15, 0.2) is 5.65 Å². The summed E-state index contributed by atoms with van der Waals surface area (Å²) in [4.78, 5) is 17.4. The normalized spacial score (nSPS) is 20.5. The van der Waals surface area contributed by atoms with E-state index in [4.69, 9.17) is 4.74 Å². The number of nitrogens with zero attached hydrogens (tertiary/aromatic N) is 4. The molecule has 0 bridgehead atoms. The first-order chi connectivity index (χ1) is 12.6. The van der Waals surface area contributed by atoms with Crippen LogP contribution in [0.2, 0.25) is 0 Å². The molecule has 27 heavy (non-hydrogen) atoms. The molecule has 3 heterocycles. The number of carbonyl (C=O) groups excluding carboxylic acids is 1. The summed E-state index contributed by atoms with van der Waals surface area (Å²) in [5, 5.41) is 7.34. The second-order valence-electron chi connectivity index (χ2n) is 7.17. The third-order valence-electron chi connectivity index (χ3n) is 4.79. The first kappa shape index (κ1) is 19.7. The monoisotopic (exact) mass is 395 g/mol. The summed E-state index contributed by atoms with van der Waals surface area (Å²) in [5.74, 6) is -0.697. The Hall–Kier alpha value is -2.04. The number of rotatable bonds is 5. The molecule has 2 aromatic heterocycles. The van der Waals surface area contributed by atoms with Gasteiger partial charge in [-0.25, -0.2) is 22.2 Å². The van der Waals surface area contributed by atoms with Crippen LogP contribution in [0, 0.1) is 26.7 Å². The molecular weight excluding hydrogens is 370 g/mol. The van der Waals surface area contributed by atoms with Gasteiger partial charge in [0.1, 0.15) is 5.56 Å². The smallest absolute Gasteiger partial charge is 0.257 e. The molecule has 0 aliphatic carbocycles. The zero-order chi connectivity index (χ0) is 19.9.